The quantitative estimate of drug-likeness (QED) is 0.364. The summed E-state index contributed by atoms with van der Waals surface area (Å²) in [6.45, 7) is 5.38. The van der Waals surface area contributed by atoms with Crippen molar-refractivity contribution in [3.63, 3.8) is 0 Å². The van der Waals surface area contributed by atoms with Crippen molar-refractivity contribution < 1.29 is 13.6 Å². The third kappa shape index (κ3) is 3.78. The zero-order valence-electron chi connectivity index (χ0n) is 15.1. The number of carbonyl (C=O) groups is 1. The largest absolute Gasteiger partial charge is 0.293 e. The first-order valence-electron chi connectivity index (χ1n) is 8.46. The van der Waals surface area contributed by atoms with E-state index in [1.165, 1.54) is 6.07 Å². The summed E-state index contributed by atoms with van der Waals surface area (Å²) in [7, 11) is 0. The Bertz CT molecular complexity index is 1080. The molecule has 0 aliphatic heterocycles. The van der Waals surface area contributed by atoms with Gasteiger partial charge in [0.2, 0.25) is 0 Å². The highest BCUT2D eigenvalue weighted by Crippen LogP contribution is 2.27. The number of Topliss-reactive ketones (excluding diaryl/α,β-unsaturated/α-hetero) is 1. The van der Waals surface area contributed by atoms with E-state index in [-0.39, 0.29) is 22.9 Å². The molecule has 0 spiro atoms. The van der Waals surface area contributed by atoms with Crippen LogP contribution in [0.15, 0.2) is 52.4 Å². The van der Waals surface area contributed by atoms with Gasteiger partial charge in [-0.1, -0.05) is 23.9 Å². The van der Waals surface area contributed by atoms with Gasteiger partial charge in [0.15, 0.2) is 22.6 Å². The predicted molar refractivity (Wildman–Crippen MR) is 102 cm³/mol. The second-order valence-electron chi connectivity index (χ2n) is 6.43. The number of hydrogen-bond donors (Lipinski definition) is 0. The van der Waals surface area contributed by atoms with Crippen LogP contribution in [-0.4, -0.2) is 20.6 Å². The number of para-hydroxylation sites is 1. The van der Waals surface area contributed by atoms with Gasteiger partial charge in [-0.2, -0.15) is 0 Å². The Kier molecular flexibility index (Phi) is 5.41. The van der Waals surface area contributed by atoms with Crippen LogP contribution < -0.4 is 5.56 Å². The van der Waals surface area contributed by atoms with Crippen molar-refractivity contribution >= 4 is 28.4 Å². The van der Waals surface area contributed by atoms with Crippen molar-refractivity contribution in [2.45, 2.75) is 37.2 Å². The number of nitrogens with zero attached hydrogens (tertiary/aromatic N) is 2. The summed E-state index contributed by atoms with van der Waals surface area (Å²) in [5.41, 5.74) is 0.452. The van der Waals surface area contributed by atoms with Gasteiger partial charge in [-0.3, -0.25) is 14.2 Å². The Morgan fingerprint density at radius 3 is 2.44 bits per heavy atom. The van der Waals surface area contributed by atoms with Crippen molar-refractivity contribution in [2.75, 3.05) is 0 Å². The van der Waals surface area contributed by atoms with Crippen molar-refractivity contribution in [1.29, 1.82) is 0 Å². The SMILES string of the molecule is CC(Sc1nc2ccccc2c(=O)n1C(C)C)C(=O)c1ccc(F)c(F)c1. The van der Waals surface area contributed by atoms with Gasteiger partial charge in [0.05, 0.1) is 16.2 Å². The second kappa shape index (κ2) is 7.60. The number of benzene rings is 2. The molecule has 1 atom stereocenters. The van der Waals surface area contributed by atoms with Crippen LogP contribution in [0, 0.1) is 11.6 Å². The van der Waals surface area contributed by atoms with E-state index < -0.39 is 16.9 Å². The maximum atomic E-state index is 13.4. The molecule has 4 nitrogen and oxygen atoms in total. The van der Waals surface area contributed by atoms with Crippen LogP contribution in [0.3, 0.4) is 0 Å². The Morgan fingerprint density at radius 2 is 1.78 bits per heavy atom. The molecule has 0 saturated heterocycles. The number of aromatic nitrogens is 2. The molecule has 1 heterocycles. The highest BCUT2D eigenvalue weighted by molar-refractivity contribution is 8.00. The average molecular weight is 388 g/mol. The van der Waals surface area contributed by atoms with Crippen LogP contribution >= 0.6 is 11.8 Å². The molecule has 2 aromatic carbocycles. The summed E-state index contributed by atoms with van der Waals surface area (Å²) in [5.74, 6) is -2.44. The lowest BCUT2D eigenvalue weighted by Crippen LogP contribution is -2.26. The average Bonchev–Trinajstić information content (AvgIpc) is 2.63. The van der Waals surface area contributed by atoms with Crippen LogP contribution in [-0.2, 0) is 0 Å². The van der Waals surface area contributed by atoms with Crippen LogP contribution in [0.1, 0.15) is 37.2 Å². The fourth-order valence-corrected chi connectivity index (χ4v) is 3.88. The highest BCUT2D eigenvalue weighted by atomic mass is 32.2. The third-order valence-electron chi connectivity index (χ3n) is 4.15. The molecule has 0 bridgehead atoms. The minimum atomic E-state index is -1.07. The van der Waals surface area contributed by atoms with Crippen molar-refractivity contribution in [3.8, 4) is 0 Å². The van der Waals surface area contributed by atoms with E-state index in [9.17, 15) is 18.4 Å². The lowest BCUT2D eigenvalue weighted by atomic mass is 10.1. The van der Waals surface area contributed by atoms with Gasteiger partial charge < -0.3 is 0 Å². The van der Waals surface area contributed by atoms with E-state index in [4.69, 9.17) is 0 Å². The monoisotopic (exact) mass is 388 g/mol. The summed E-state index contributed by atoms with van der Waals surface area (Å²) in [5, 5.41) is 0.292. The molecule has 0 radical (unpaired) electrons. The molecule has 1 aromatic heterocycles. The summed E-state index contributed by atoms with van der Waals surface area (Å²) in [6.07, 6.45) is 0. The number of hydrogen-bond acceptors (Lipinski definition) is 4. The van der Waals surface area contributed by atoms with Gasteiger partial charge in [0, 0.05) is 11.6 Å². The molecular formula is C20H18F2N2O2S. The maximum absolute atomic E-state index is 13.4. The molecule has 7 heteroatoms. The molecule has 1 unspecified atom stereocenters. The molecule has 27 heavy (non-hydrogen) atoms. The molecule has 0 saturated carbocycles. The Labute approximate surface area is 159 Å². The standard InChI is InChI=1S/C20H18F2N2O2S/c1-11(2)24-19(26)14-6-4-5-7-17(14)23-20(24)27-12(3)18(25)13-8-9-15(21)16(22)10-13/h4-12H,1-3H3. The lowest BCUT2D eigenvalue weighted by molar-refractivity contribution is 0.0993. The van der Waals surface area contributed by atoms with Crippen molar-refractivity contribution in [2.24, 2.45) is 0 Å². The minimum Gasteiger partial charge on any atom is -0.293 e. The fraction of sp³-hybridized carbons (Fsp3) is 0.250. The molecule has 0 N–H and O–H groups in total. The van der Waals surface area contributed by atoms with E-state index in [2.05, 4.69) is 4.98 Å². The normalized spacial score (nSPS) is 12.5. The summed E-state index contributed by atoms with van der Waals surface area (Å²) < 4.78 is 28.1. The van der Waals surface area contributed by atoms with Crippen LogP contribution in [0.2, 0.25) is 0 Å². The van der Waals surface area contributed by atoms with E-state index in [0.29, 0.717) is 16.1 Å². The van der Waals surface area contributed by atoms with E-state index >= 15 is 0 Å². The van der Waals surface area contributed by atoms with Crippen LogP contribution in [0.25, 0.3) is 10.9 Å². The first-order valence-corrected chi connectivity index (χ1v) is 9.34. The molecule has 0 fully saturated rings. The number of rotatable bonds is 5. The molecule has 3 aromatic rings. The smallest absolute Gasteiger partial charge is 0.262 e. The van der Waals surface area contributed by atoms with E-state index in [0.717, 1.165) is 23.9 Å². The number of halogens is 2. The van der Waals surface area contributed by atoms with Crippen LogP contribution in [0.4, 0.5) is 8.78 Å². The predicted octanol–water partition coefficient (Wildman–Crippen LogP) is 4.62. The van der Waals surface area contributed by atoms with Gasteiger partial charge in [-0.15, -0.1) is 0 Å². The topological polar surface area (TPSA) is 52.0 Å². The van der Waals surface area contributed by atoms with Crippen molar-refractivity contribution in [1.82, 2.24) is 9.55 Å². The summed E-state index contributed by atoms with van der Waals surface area (Å²) >= 11 is 1.13. The van der Waals surface area contributed by atoms with Crippen molar-refractivity contribution in [3.05, 3.63) is 70.0 Å². The maximum Gasteiger partial charge on any atom is 0.262 e. The van der Waals surface area contributed by atoms with E-state index in [1.54, 1.807) is 35.8 Å². The highest BCUT2D eigenvalue weighted by Gasteiger charge is 2.22. The zero-order chi connectivity index (χ0) is 19.7. The van der Waals surface area contributed by atoms with Crippen LogP contribution in [0.5, 0.6) is 0 Å². The summed E-state index contributed by atoms with van der Waals surface area (Å²) in [6, 6.07) is 9.94. The number of ketones is 1. The second-order valence-corrected chi connectivity index (χ2v) is 7.74. The first kappa shape index (κ1) is 19.2. The number of thioether (sulfide) groups is 1. The Balaban J connectivity index is 1.99. The molecule has 3 rings (SSSR count). The lowest BCUT2D eigenvalue weighted by Gasteiger charge is -2.18. The van der Waals surface area contributed by atoms with Gasteiger partial charge in [-0.25, -0.2) is 13.8 Å². The van der Waals surface area contributed by atoms with Gasteiger partial charge in [0.1, 0.15) is 0 Å². The number of carbonyl (C=O) groups excluding carboxylic acids is 1. The fourth-order valence-electron chi connectivity index (χ4n) is 2.76. The zero-order valence-corrected chi connectivity index (χ0v) is 15.9. The molecule has 0 aliphatic rings. The Morgan fingerprint density at radius 1 is 1.07 bits per heavy atom. The molecule has 0 aliphatic carbocycles. The Hall–Kier alpha value is -2.54. The summed E-state index contributed by atoms with van der Waals surface area (Å²) in [4.78, 5) is 30.0. The number of fused-ring (bicyclic) bond motifs is 1. The molecular weight excluding hydrogens is 370 g/mol. The van der Waals surface area contributed by atoms with Gasteiger partial charge >= 0.3 is 0 Å². The first-order chi connectivity index (χ1) is 12.8. The van der Waals surface area contributed by atoms with Gasteiger partial charge in [-0.05, 0) is 51.1 Å². The molecule has 140 valence electrons. The third-order valence-corrected chi connectivity index (χ3v) is 5.21. The minimum absolute atomic E-state index is 0.0770. The van der Waals surface area contributed by atoms with E-state index in [1.807, 2.05) is 13.8 Å². The van der Waals surface area contributed by atoms with Gasteiger partial charge in [0.25, 0.3) is 5.56 Å². The molecule has 0 amide bonds.